The van der Waals surface area contributed by atoms with Crippen LogP contribution >= 0.6 is 0 Å². The number of phenolic OH excluding ortho intramolecular Hbond substituents is 1. The van der Waals surface area contributed by atoms with Crippen LogP contribution < -0.4 is 4.74 Å². The van der Waals surface area contributed by atoms with E-state index in [2.05, 4.69) is 6.92 Å². The molecule has 3 nitrogen and oxygen atoms in total. The van der Waals surface area contributed by atoms with Crippen molar-refractivity contribution in [2.24, 2.45) is 0 Å². The summed E-state index contributed by atoms with van der Waals surface area (Å²) in [4.78, 5) is 12.1. The van der Waals surface area contributed by atoms with Crippen LogP contribution in [0.15, 0.2) is 42.5 Å². The van der Waals surface area contributed by atoms with E-state index < -0.39 is 0 Å². The third kappa shape index (κ3) is 3.63. The zero-order chi connectivity index (χ0) is 15.2. The molecule has 0 aliphatic carbocycles. The van der Waals surface area contributed by atoms with E-state index in [1.54, 1.807) is 25.3 Å². The van der Waals surface area contributed by atoms with Crippen molar-refractivity contribution in [2.45, 2.75) is 26.2 Å². The average molecular weight is 284 g/mol. The first-order valence-electron chi connectivity index (χ1n) is 7.16. The van der Waals surface area contributed by atoms with Gasteiger partial charge in [0.15, 0.2) is 5.78 Å². The topological polar surface area (TPSA) is 46.5 Å². The van der Waals surface area contributed by atoms with Crippen molar-refractivity contribution >= 4 is 5.78 Å². The van der Waals surface area contributed by atoms with Gasteiger partial charge in [-0.15, -0.1) is 0 Å². The summed E-state index contributed by atoms with van der Waals surface area (Å²) in [5.41, 5.74) is 2.12. The standard InChI is InChI=1S/C18H20O3/c1-3-4-8-17(19)14-9-10-18(20)16(12-14)13-6-5-7-15(11-13)21-2/h5-7,9-12,20H,3-4,8H2,1-2H3. The van der Waals surface area contributed by atoms with Gasteiger partial charge in [0.05, 0.1) is 7.11 Å². The highest BCUT2D eigenvalue weighted by atomic mass is 16.5. The molecule has 0 spiro atoms. The van der Waals surface area contributed by atoms with Gasteiger partial charge in [-0.05, 0) is 42.3 Å². The quantitative estimate of drug-likeness (QED) is 0.798. The van der Waals surface area contributed by atoms with Gasteiger partial charge in [-0.3, -0.25) is 4.79 Å². The van der Waals surface area contributed by atoms with E-state index in [0.29, 0.717) is 17.5 Å². The van der Waals surface area contributed by atoms with Gasteiger partial charge in [0, 0.05) is 17.5 Å². The second kappa shape index (κ2) is 6.93. The lowest BCUT2D eigenvalue weighted by Crippen LogP contribution is -1.99. The molecular weight excluding hydrogens is 264 g/mol. The summed E-state index contributed by atoms with van der Waals surface area (Å²) in [6.07, 6.45) is 2.42. The fraction of sp³-hybridized carbons (Fsp3) is 0.278. The molecule has 0 amide bonds. The van der Waals surface area contributed by atoms with Gasteiger partial charge in [0.2, 0.25) is 0 Å². The Bertz CT molecular complexity index is 632. The Hall–Kier alpha value is -2.29. The van der Waals surface area contributed by atoms with Crippen LogP contribution in [-0.2, 0) is 0 Å². The number of Topliss-reactive ketones (excluding diaryl/α,β-unsaturated/α-hetero) is 1. The summed E-state index contributed by atoms with van der Waals surface area (Å²) in [6, 6.07) is 12.4. The molecule has 0 unspecified atom stereocenters. The number of carbonyl (C=O) groups excluding carboxylic acids is 1. The minimum absolute atomic E-state index is 0.112. The molecule has 0 aromatic heterocycles. The van der Waals surface area contributed by atoms with Crippen LogP contribution in [0.25, 0.3) is 11.1 Å². The minimum atomic E-state index is 0.112. The highest BCUT2D eigenvalue weighted by Gasteiger charge is 2.11. The lowest BCUT2D eigenvalue weighted by molar-refractivity contribution is 0.0980. The molecule has 0 bridgehead atoms. The molecule has 21 heavy (non-hydrogen) atoms. The number of ether oxygens (including phenoxy) is 1. The van der Waals surface area contributed by atoms with Crippen molar-refractivity contribution in [2.75, 3.05) is 7.11 Å². The van der Waals surface area contributed by atoms with Crippen molar-refractivity contribution < 1.29 is 14.6 Å². The van der Waals surface area contributed by atoms with Crippen molar-refractivity contribution in [3.63, 3.8) is 0 Å². The van der Waals surface area contributed by atoms with Gasteiger partial charge in [-0.1, -0.05) is 25.5 Å². The third-order valence-electron chi connectivity index (χ3n) is 3.46. The Labute approximate surface area is 125 Å². The van der Waals surface area contributed by atoms with Crippen LogP contribution in [0, 0.1) is 0 Å². The molecule has 0 saturated carbocycles. The van der Waals surface area contributed by atoms with Gasteiger partial charge >= 0.3 is 0 Å². The number of hydrogen-bond donors (Lipinski definition) is 1. The van der Waals surface area contributed by atoms with Crippen LogP contribution in [0.2, 0.25) is 0 Å². The molecule has 0 atom stereocenters. The predicted octanol–water partition coefficient (Wildman–Crippen LogP) is 4.44. The Morgan fingerprint density at radius 3 is 2.71 bits per heavy atom. The normalized spacial score (nSPS) is 10.4. The number of rotatable bonds is 6. The van der Waals surface area contributed by atoms with E-state index in [1.165, 1.54) is 0 Å². The molecule has 0 aliphatic heterocycles. The first kappa shape index (κ1) is 15.1. The number of methoxy groups -OCH3 is 1. The fourth-order valence-electron chi connectivity index (χ4n) is 2.21. The molecule has 0 fully saturated rings. The molecule has 3 heteroatoms. The summed E-state index contributed by atoms with van der Waals surface area (Å²) in [5, 5.41) is 10.1. The monoisotopic (exact) mass is 284 g/mol. The van der Waals surface area contributed by atoms with Gasteiger partial charge in [-0.2, -0.15) is 0 Å². The first-order chi connectivity index (χ1) is 10.2. The Kier molecular flexibility index (Phi) is 4.99. The van der Waals surface area contributed by atoms with Crippen molar-refractivity contribution in [3.05, 3.63) is 48.0 Å². The molecule has 0 aliphatic rings. The number of carbonyl (C=O) groups is 1. The molecule has 2 aromatic carbocycles. The van der Waals surface area contributed by atoms with E-state index in [0.717, 1.165) is 24.2 Å². The van der Waals surface area contributed by atoms with Gasteiger partial charge in [0.1, 0.15) is 11.5 Å². The van der Waals surface area contributed by atoms with E-state index in [-0.39, 0.29) is 11.5 Å². The van der Waals surface area contributed by atoms with Gasteiger partial charge in [-0.25, -0.2) is 0 Å². The van der Waals surface area contributed by atoms with E-state index in [1.807, 2.05) is 24.3 Å². The van der Waals surface area contributed by atoms with Crippen molar-refractivity contribution in [1.29, 1.82) is 0 Å². The van der Waals surface area contributed by atoms with Crippen molar-refractivity contribution in [1.82, 2.24) is 0 Å². The maximum Gasteiger partial charge on any atom is 0.162 e. The maximum atomic E-state index is 12.1. The molecule has 0 heterocycles. The lowest BCUT2D eigenvalue weighted by Gasteiger charge is -2.09. The summed E-state index contributed by atoms with van der Waals surface area (Å²) in [6.45, 7) is 2.06. The molecular formula is C18H20O3. The maximum absolute atomic E-state index is 12.1. The highest BCUT2D eigenvalue weighted by Crippen LogP contribution is 2.32. The Morgan fingerprint density at radius 1 is 1.19 bits per heavy atom. The van der Waals surface area contributed by atoms with E-state index in [4.69, 9.17) is 4.74 Å². The number of benzene rings is 2. The smallest absolute Gasteiger partial charge is 0.162 e. The SMILES string of the molecule is CCCCC(=O)c1ccc(O)c(-c2cccc(OC)c2)c1. The molecule has 2 rings (SSSR count). The van der Waals surface area contributed by atoms with Crippen LogP contribution in [0.4, 0.5) is 0 Å². The van der Waals surface area contributed by atoms with Gasteiger partial charge < -0.3 is 9.84 Å². The summed E-state index contributed by atoms with van der Waals surface area (Å²) in [7, 11) is 1.60. The Morgan fingerprint density at radius 2 is 2.00 bits per heavy atom. The molecule has 1 N–H and O–H groups in total. The zero-order valence-electron chi connectivity index (χ0n) is 12.4. The largest absolute Gasteiger partial charge is 0.507 e. The van der Waals surface area contributed by atoms with Crippen LogP contribution in [0.5, 0.6) is 11.5 Å². The number of unbranched alkanes of at least 4 members (excludes halogenated alkanes) is 1. The fourth-order valence-corrected chi connectivity index (χ4v) is 2.21. The average Bonchev–Trinajstić information content (AvgIpc) is 2.53. The molecule has 0 radical (unpaired) electrons. The van der Waals surface area contributed by atoms with E-state index >= 15 is 0 Å². The summed E-state index contributed by atoms with van der Waals surface area (Å²) >= 11 is 0. The zero-order valence-corrected chi connectivity index (χ0v) is 12.4. The summed E-state index contributed by atoms with van der Waals surface area (Å²) < 4.78 is 5.20. The number of ketones is 1. The number of phenols is 1. The van der Waals surface area contributed by atoms with Gasteiger partial charge in [0.25, 0.3) is 0 Å². The van der Waals surface area contributed by atoms with Crippen LogP contribution in [-0.4, -0.2) is 18.0 Å². The molecule has 110 valence electrons. The number of hydrogen-bond acceptors (Lipinski definition) is 3. The third-order valence-corrected chi connectivity index (χ3v) is 3.46. The Balaban J connectivity index is 2.36. The number of aromatic hydroxyl groups is 1. The van der Waals surface area contributed by atoms with E-state index in [9.17, 15) is 9.90 Å². The second-order valence-electron chi connectivity index (χ2n) is 4.99. The van der Waals surface area contributed by atoms with Crippen molar-refractivity contribution in [3.8, 4) is 22.6 Å². The first-order valence-corrected chi connectivity index (χ1v) is 7.16. The predicted molar refractivity (Wildman–Crippen MR) is 84.0 cm³/mol. The summed E-state index contributed by atoms with van der Waals surface area (Å²) in [5.74, 6) is 0.992. The van der Waals surface area contributed by atoms with Crippen LogP contribution in [0.3, 0.4) is 0 Å². The minimum Gasteiger partial charge on any atom is -0.507 e. The highest BCUT2D eigenvalue weighted by molar-refractivity contribution is 5.97. The molecule has 0 saturated heterocycles. The second-order valence-corrected chi connectivity index (χ2v) is 4.99. The van der Waals surface area contributed by atoms with Crippen LogP contribution in [0.1, 0.15) is 36.5 Å². The molecule has 2 aromatic rings. The lowest BCUT2D eigenvalue weighted by atomic mass is 9.98.